The molecule has 1 N–H and O–H groups in total. The van der Waals surface area contributed by atoms with E-state index in [1.54, 1.807) is 24.4 Å². The quantitative estimate of drug-likeness (QED) is 0.900. The van der Waals surface area contributed by atoms with Crippen molar-refractivity contribution < 1.29 is 9.53 Å². The number of thioether (sulfide) groups is 1. The standard InChI is InChI=1S/C17H18ClN3O2S/c1-23-17-13(3-2-6-19-17)16(22)20-12-4-5-15(14(18)11-12)21-7-9-24-10-8-21/h2-6,11H,7-10H2,1H3,(H,20,22). The fourth-order valence-electron chi connectivity index (χ4n) is 2.57. The number of anilines is 2. The van der Waals surface area contributed by atoms with Crippen LogP contribution in [0.25, 0.3) is 0 Å². The average Bonchev–Trinajstić information content (AvgIpc) is 2.62. The van der Waals surface area contributed by atoms with E-state index in [2.05, 4.69) is 15.2 Å². The Morgan fingerprint density at radius 1 is 1.33 bits per heavy atom. The highest BCUT2D eigenvalue weighted by atomic mass is 35.5. The molecule has 0 unspecified atom stereocenters. The highest BCUT2D eigenvalue weighted by Gasteiger charge is 2.16. The predicted molar refractivity (Wildman–Crippen MR) is 99.7 cm³/mol. The Labute approximate surface area is 150 Å². The van der Waals surface area contributed by atoms with Crippen molar-refractivity contribution in [2.75, 3.05) is 41.9 Å². The number of amides is 1. The summed E-state index contributed by atoms with van der Waals surface area (Å²) in [4.78, 5) is 18.7. The molecule has 0 atom stereocenters. The number of aromatic nitrogens is 1. The molecular weight excluding hydrogens is 346 g/mol. The van der Waals surface area contributed by atoms with Crippen molar-refractivity contribution in [2.24, 2.45) is 0 Å². The van der Waals surface area contributed by atoms with E-state index in [1.807, 2.05) is 23.9 Å². The Kier molecular flexibility index (Phi) is 5.48. The van der Waals surface area contributed by atoms with Crippen LogP contribution in [-0.4, -0.2) is 42.6 Å². The molecule has 24 heavy (non-hydrogen) atoms. The monoisotopic (exact) mass is 363 g/mol. The molecule has 1 aliphatic rings. The van der Waals surface area contributed by atoms with Gasteiger partial charge in [-0.15, -0.1) is 0 Å². The fraction of sp³-hybridized carbons (Fsp3) is 0.294. The first kappa shape index (κ1) is 16.9. The lowest BCUT2D eigenvalue weighted by Crippen LogP contribution is -2.32. The molecule has 1 aromatic heterocycles. The number of hydrogen-bond donors (Lipinski definition) is 1. The Balaban J connectivity index is 1.76. The second-order valence-corrected chi connectivity index (χ2v) is 6.91. The molecule has 3 rings (SSSR count). The SMILES string of the molecule is COc1ncccc1C(=O)Nc1ccc(N2CCSCC2)c(Cl)c1. The zero-order valence-corrected chi connectivity index (χ0v) is 14.9. The summed E-state index contributed by atoms with van der Waals surface area (Å²) in [5.41, 5.74) is 2.04. The van der Waals surface area contributed by atoms with Crippen LogP contribution < -0.4 is 15.0 Å². The maximum absolute atomic E-state index is 12.4. The van der Waals surface area contributed by atoms with E-state index in [4.69, 9.17) is 16.3 Å². The van der Waals surface area contributed by atoms with Crippen molar-refractivity contribution in [3.8, 4) is 5.88 Å². The first-order valence-electron chi connectivity index (χ1n) is 7.61. The van der Waals surface area contributed by atoms with Crippen LogP contribution in [0.1, 0.15) is 10.4 Å². The van der Waals surface area contributed by atoms with Crippen molar-refractivity contribution in [1.29, 1.82) is 0 Å². The van der Waals surface area contributed by atoms with Crippen LogP contribution in [0.5, 0.6) is 5.88 Å². The summed E-state index contributed by atoms with van der Waals surface area (Å²) in [5, 5.41) is 3.47. The number of benzene rings is 1. The fourth-order valence-corrected chi connectivity index (χ4v) is 3.77. The number of hydrogen-bond acceptors (Lipinski definition) is 5. The Bertz CT molecular complexity index is 736. The maximum atomic E-state index is 12.4. The third-order valence-corrected chi connectivity index (χ3v) is 5.01. The highest BCUT2D eigenvalue weighted by Crippen LogP contribution is 2.31. The molecule has 2 aromatic rings. The molecule has 1 fully saturated rings. The van der Waals surface area contributed by atoms with Crippen LogP contribution in [0.2, 0.25) is 5.02 Å². The zero-order valence-electron chi connectivity index (χ0n) is 13.3. The van der Waals surface area contributed by atoms with Gasteiger partial charge in [0.25, 0.3) is 5.91 Å². The molecule has 7 heteroatoms. The van der Waals surface area contributed by atoms with E-state index in [9.17, 15) is 4.79 Å². The Morgan fingerprint density at radius 3 is 2.83 bits per heavy atom. The number of halogens is 1. The smallest absolute Gasteiger partial charge is 0.261 e. The van der Waals surface area contributed by atoms with Crippen LogP contribution in [-0.2, 0) is 0 Å². The number of rotatable bonds is 4. The molecular formula is C17H18ClN3O2S. The van der Waals surface area contributed by atoms with E-state index in [-0.39, 0.29) is 5.91 Å². The average molecular weight is 364 g/mol. The molecule has 0 saturated carbocycles. The molecule has 0 spiro atoms. The lowest BCUT2D eigenvalue weighted by molar-refractivity contribution is 0.102. The van der Waals surface area contributed by atoms with Gasteiger partial charge in [0.05, 0.1) is 17.8 Å². The summed E-state index contributed by atoms with van der Waals surface area (Å²) in [7, 11) is 1.49. The van der Waals surface area contributed by atoms with Gasteiger partial charge in [0.2, 0.25) is 5.88 Å². The van der Waals surface area contributed by atoms with Gasteiger partial charge >= 0.3 is 0 Å². The first-order chi connectivity index (χ1) is 11.7. The highest BCUT2D eigenvalue weighted by molar-refractivity contribution is 7.99. The van der Waals surface area contributed by atoms with Crippen molar-refractivity contribution in [3.63, 3.8) is 0 Å². The minimum Gasteiger partial charge on any atom is -0.480 e. The summed E-state index contributed by atoms with van der Waals surface area (Å²) < 4.78 is 5.12. The molecule has 0 aliphatic carbocycles. The van der Waals surface area contributed by atoms with E-state index in [0.717, 1.165) is 30.3 Å². The minimum atomic E-state index is -0.280. The number of nitrogens with one attached hydrogen (secondary N) is 1. The molecule has 2 heterocycles. The van der Waals surface area contributed by atoms with Crippen LogP contribution in [0.3, 0.4) is 0 Å². The van der Waals surface area contributed by atoms with Crippen LogP contribution in [0.15, 0.2) is 36.5 Å². The summed E-state index contributed by atoms with van der Waals surface area (Å²) >= 11 is 8.37. The lowest BCUT2D eigenvalue weighted by Gasteiger charge is -2.29. The summed E-state index contributed by atoms with van der Waals surface area (Å²) in [6, 6.07) is 8.96. The second kappa shape index (κ2) is 7.77. The molecule has 1 aliphatic heterocycles. The maximum Gasteiger partial charge on any atom is 0.261 e. The predicted octanol–water partition coefficient (Wildman–Crippen LogP) is 3.55. The summed E-state index contributed by atoms with van der Waals surface area (Å²) in [5.74, 6) is 2.23. The zero-order chi connectivity index (χ0) is 16.9. The number of carbonyl (C=O) groups is 1. The van der Waals surface area contributed by atoms with E-state index < -0.39 is 0 Å². The van der Waals surface area contributed by atoms with E-state index in [1.165, 1.54) is 7.11 Å². The van der Waals surface area contributed by atoms with Gasteiger partial charge in [0.1, 0.15) is 5.56 Å². The van der Waals surface area contributed by atoms with E-state index in [0.29, 0.717) is 22.2 Å². The number of ether oxygens (including phenoxy) is 1. The second-order valence-electron chi connectivity index (χ2n) is 5.28. The summed E-state index contributed by atoms with van der Waals surface area (Å²) in [6.45, 7) is 1.98. The largest absolute Gasteiger partial charge is 0.480 e. The van der Waals surface area contributed by atoms with Crippen molar-refractivity contribution in [2.45, 2.75) is 0 Å². The van der Waals surface area contributed by atoms with Crippen LogP contribution in [0.4, 0.5) is 11.4 Å². The molecule has 0 radical (unpaired) electrons. The normalized spacial score (nSPS) is 14.3. The van der Waals surface area contributed by atoms with Gasteiger partial charge < -0.3 is 15.0 Å². The van der Waals surface area contributed by atoms with Crippen molar-refractivity contribution in [1.82, 2.24) is 4.98 Å². The third kappa shape index (κ3) is 3.76. The number of nitrogens with zero attached hydrogens (tertiary/aromatic N) is 2. The first-order valence-corrected chi connectivity index (χ1v) is 9.15. The van der Waals surface area contributed by atoms with Crippen LogP contribution in [0, 0.1) is 0 Å². The molecule has 1 amide bonds. The molecule has 126 valence electrons. The van der Waals surface area contributed by atoms with Crippen molar-refractivity contribution >= 4 is 40.6 Å². The van der Waals surface area contributed by atoms with Gasteiger partial charge in [0, 0.05) is 36.5 Å². The van der Waals surface area contributed by atoms with Gasteiger partial charge in [-0.2, -0.15) is 11.8 Å². The molecule has 0 bridgehead atoms. The summed E-state index contributed by atoms with van der Waals surface area (Å²) in [6.07, 6.45) is 1.58. The topological polar surface area (TPSA) is 54.5 Å². The molecule has 1 saturated heterocycles. The number of carbonyl (C=O) groups excluding carboxylic acids is 1. The minimum absolute atomic E-state index is 0.280. The molecule has 1 aromatic carbocycles. The Hall–Kier alpha value is -1.92. The van der Waals surface area contributed by atoms with Crippen molar-refractivity contribution in [3.05, 3.63) is 47.1 Å². The number of methoxy groups -OCH3 is 1. The van der Waals surface area contributed by atoms with Gasteiger partial charge in [-0.25, -0.2) is 4.98 Å². The van der Waals surface area contributed by atoms with Gasteiger partial charge in [-0.1, -0.05) is 11.6 Å². The number of pyridine rings is 1. The third-order valence-electron chi connectivity index (χ3n) is 3.77. The van der Waals surface area contributed by atoms with Gasteiger partial charge in [-0.05, 0) is 30.3 Å². The van der Waals surface area contributed by atoms with Gasteiger partial charge in [0.15, 0.2) is 0 Å². The Morgan fingerprint density at radius 2 is 2.12 bits per heavy atom. The lowest BCUT2D eigenvalue weighted by atomic mass is 10.2. The van der Waals surface area contributed by atoms with Crippen LogP contribution >= 0.6 is 23.4 Å². The molecule has 5 nitrogen and oxygen atoms in total. The van der Waals surface area contributed by atoms with E-state index >= 15 is 0 Å². The van der Waals surface area contributed by atoms with Gasteiger partial charge in [-0.3, -0.25) is 4.79 Å².